The van der Waals surface area contributed by atoms with E-state index in [-0.39, 0.29) is 10.6 Å². The molecule has 0 saturated carbocycles. The van der Waals surface area contributed by atoms with Crippen molar-refractivity contribution in [1.29, 1.82) is 0 Å². The van der Waals surface area contributed by atoms with Crippen molar-refractivity contribution in [1.82, 2.24) is 4.98 Å². The minimum Gasteiger partial charge on any atom is -0.258 e. The second kappa shape index (κ2) is 5.54. The summed E-state index contributed by atoms with van der Waals surface area (Å²) in [5.74, 6) is 0. The number of fused-ring (bicyclic) bond motifs is 1. The zero-order chi connectivity index (χ0) is 14.7. The zero-order valence-corrected chi connectivity index (χ0v) is 11.1. The smallest absolute Gasteiger partial charge is 0.258 e. The summed E-state index contributed by atoms with van der Waals surface area (Å²) in [6.45, 7) is 0. The Bertz CT molecular complexity index is 836. The van der Waals surface area contributed by atoms with Gasteiger partial charge in [0.2, 0.25) is 0 Å². The van der Waals surface area contributed by atoms with Crippen LogP contribution in [-0.2, 0) is 0 Å². The lowest BCUT2D eigenvalue weighted by molar-refractivity contribution is -0.385. The van der Waals surface area contributed by atoms with Crippen LogP contribution in [0.25, 0.3) is 23.1 Å². The number of hydrogen-bond acceptors (Lipinski definition) is 3. The van der Waals surface area contributed by atoms with Crippen molar-refractivity contribution in [3.05, 3.63) is 82.0 Å². The zero-order valence-electron chi connectivity index (χ0n) is 11.1. The fraction of sp³-hybridized carbons (Fsp3) is 0. The Balaban J connectivity index is 2.05. The summed E-state index contributed by atoms with van der Waals surface area (Å²) >= 11 is 0. The molecule has 1 heterocycles. The molecule has 0 aliphatic heterocycles. The number of nitro groups is 1. The summed E-state index contributed by atoms with van der Waals surface area (Å²) in [6, 6.07) is 16.4. The lowest BCUT2D eigenvalue weighted by Crippen LogP contribution is -1.90. The third kappa shape index (κ3) is 2.65. The first-order valence-corrected chi connectivity index (χ1v) is 6.51. The SMILES string of the molecule is O=[N+]([O-])c1ccccc1C=Cc1ccnc2ccccc12. The lowest BCUT2D eigenvalue weighted by Gasteiger charge is -2.01. The van der Waals surface area contributed by atoms with Gasteiger partial charge in [-0.25, -0.2) is 0 Å². The van der Waals surface area contributed by atoms with Crippen LogP contribution in [0.5, 0.6) is 0 Å². The highest BCUT2D eigenvalue weighted by atomic mass is 16.6. The van der Waals surface area contributed by atoms with Crippen molar-refractivity contribution in [3.63, 3.8) is 0 Å². The fourth-order valence-electron chi connectivity index (χ4n) is 2.24. The summed E-state index contributed by atoms with van der Waals surface area (Å²) < 4.78 is 0. The van der Waals surface area contributed by atoms with Gasteiger partial charge >= 0.3 is 0 Å². The van der Waals surface area contributed by atoms with Crippen molar-refractivity contribution >= 4 is 28.7 Å². The number of nitrogens with zero attached hydrogens (tertiary/aromatic N) is 2. The number of aromatic nitrogens is 1. The molecular formula is C17H12N2O2. The van der Waals surface area contributed by atoms with E-state index in [0.29, 0.717) is 5.56 Å². The van der Waals surface area contributed by atoms with Crippen LogP contribution < -0.4 is 0 Å². The van der Waals surface area contributed by atoms with Crippen LogP contribution in [0.1, 0.15) is 11.1 Å². The summed E-state index contributed by atoms with van der Waals surface area (Å²) in [7, 11) is 0. The fourth-order valence-corrected chi connectivity index (χ4v) is 2.24. The first-order chi connectivity index (χ1) is 10.3. The molecule has 21 heavy (non-hydrogen) atoms. The van der Waals surface area contributed by atoms with Crippen molar-refractivity contribution in [2.75, 3.05) is 0 Å². The third-order valence-corrected chi connectivity index (χ3v) is 3.26. The summed E-state index contributed by atoms with van der Waals surface area (Å²) in [5.41, 5.74) is 2.58. The van der Waals surface area contributed by atoms with Crippen molar-refractivity contribution in [2.45, 2.75) is 0 Å². The van der Waals surface area contributed by atoms with E-state index in [1.54, 1.807) is 30.5 Å². The molecule has 0 N–H and O–H groups in total. The second-order valence-corrected chi connectivity index (χ2v) is 4.57. The quantitative estimate of drug-likeness (QED) is 0.529. The van der Waals surface area contributed by atoms with E-state index in [4.69, 9.17) is 0 Å². The molecule has 0 aliphatic carbocycles. The maximum Gasteiger partial charge on any atom is 0.276 e. The Morgan fingerprint density at radius 2 is 1.62 bits per heavy atom. The van der Waals surface area contributed by atoms with E-state index in [1.807, 2.05) is 36.4 Å². The van der Waals surface area contributed by atoms with Crippen LogP contribution in [0.2, 0.25) is 0 Å². The molecule has 3 rings (SSSR count). The Morgan fingerprint density at radius 1 is 0.905 bits per heavy atom. The number of para-hydroxylation sites is 2. The molecule has 102 valence electrons. The molecule has 4 heteroatoms. The summed E-state index contributed by atoms with van der Waals surface area (Å²) in [4.78, 5) is 14.9. The molecule has 2 aromatic carbocycles. The predicted octanol–water partition coefficient (Wildman–Crippen LogP) is 4.31. The topological polar surface area (TPSA) is 56.0 Å². The highest BCUT2D eigenvalue weighted by Crippen LogP contribution is 2.22. The van der Waals surface area contributed by atoms with Crippen molar-refractivity contribution in [2.24, 2.45) is 0 Å². The summed E-state index contributed by atoms with van der Waals surface area (Å²) in [5, 5.41) is 12.0. The molecule has 0 bridgehead atoms. The van der Waals surface area contributed by atoms with Gasteiger partial charge in [-0.2, -0.15) is 0 Å². The first kappa shape index (κ1) is 13.0. The minimum absolute atomic E-state index is 0.104. The number of rotatable bonds is 3. The molecule has 1 aromatic heterocycles. The monoisotopic (exact) mass is 276 g/mol. The molecule has 0 amide bonds. The van der Waals surface area contributed by atoms with Crippen LogP contribution in [0.3, 0.4) is 0 Å². The van der Waals surface area contributed by atoms with E-state index in [9.17, 15) is 10.1 Å². The lowest BCUT2D eigenvalue weighted by atomic mass is 10.1. The molecule has 0 aliphatic rings. The number of benzene rings is 2. The van der Waals surface area contributed by atoms with Crippen molar-refractivity contribution in [3.8, 4) is 0 Å². The Morgan fingerprint density at radius 3 is 2.48 bits per heavy atom. The third-order valence-electron chi connectivity index (χ3n) is 3.26. The highest BCUT2D eigenvalue weighted by molar-refractivity contribution is 5.90. The molecule has 0 spiro atoms. The van der Waals surface area contributed by atoms with Gasteiger partial charge in [-0.15, -0.1) is 0 Å². The highest BCUT2D eigenvalue weighted by Gasteiger charge is 2.09. The van der Waals surface area contributed by atoms with E-state index < -0.39 is 0 Å². The Hall–Kier alpha value is -3.01. The van der Waals surface area contributed by atoms with Crippen molar-refractivity contribution < 1.29 is 4.92 Å². The van der Waals surface area contributed by atoms with Gasteiger partial charge in [0.25, 0.3) is 5.69 Å². The van der Waals surface area contributed by atoms with E-state index in [2.05, 4.69) is 4.98 Å². The molecule has 0 radical (unpaired) electrons. The van der Waals surface area contributed by atoms with Gasteiger partial charge in [0.1, 0.15) is 0 Å². The molecule has 0 saturated heterocycles. The largest absolute Gasteiger partial charge is 0.276 e. The average molecular weight is 276 g/mol. The van der Waals surface area contributed by atoms with Gasteiger partial charge in [0.15, 0.2) is 0 Å². The van der Waals surface area contributed by atoms with E-state index in [0.717, 1.165) is 16.5 Å². The molecular weight excluding hydrogens is 264 g/mol. The average Bonchev–Trinajstić information content (AvgIpc) is 2.53. The van der Waals surface area contributed by atoms with Gasteiger partial charge in [-0.05, 0) is 29.8 Å². The van der Waals surface area contributed by atoms with Crippen LogP contribution in [0.4, 0.5) is 5.69 Å². The first-order valence-electron chi connectivity index (χ1n) is 6.51. The van der Waals surface area contributed by atoms with Crippen LogP contribution in [-0.4, -0.2) is 9.91 Å². The Labute approximate surface area is 121 Å². The van der Waals surface area contributed by atoms with E-state index >= 15 is 0 Å². The Kier molecular flexibility index (Phi) is 3.43. The minimum atomic E-state index is -0.371. The molecule has 0 atom stereocenters. The van der Waals surface area contributed by atoms with Gasteiger partial charge in [0.05, 0.1) is 16.0 Å². The maximum absolute atomic E-state index is 11.0. The van der Waals surface area contributed by atoms with Gasteiger partial charge in [-0.3, -0.25) is 15.1 Å². The number of hydrogen-bond donors (Lipinski definition) is 0. The molecule has 0 unspecified atom stereocenters. The molecule has 4 nitrogen and oxygen atoms in total. The van der Waals surface area contributed by atoms with Crippen LogP contribution in [0, 0.1) is 10.1 Å². The molecule has 3 aromatic rings. The number of nitro benzene ring substituents is 1. The number of pyridine rings is 1. The second-order valence-electron chi connectivity index (χ2n) is 4.57. The predicted molar refractivity (Wildman–Crippen MR) is 83.8 cm³/mol. The van der Waals surface area contributed by atoms with Crippen LogP contribution in [0.15, 0.2) is 60.8 Å². The molecule has 0 fully saturated rings. The normalized spacial score (nSPS) is 11.0. The van der Waals surface area contributed by atoms with Crippen LogP contribution >= 0.6 is 0 Å². The van der Waals surface area contributed by atoms with Gasteiger partial charge in [-0.1, -0.05) is 36.4 Å². The van der Waals surface area contributed by atoms with Gasteiger partial charge in [0, 0.05) is 17.6 Å². The van der Waals surface area contributed by atoms with Gasteiger partial charge < -0.3 is 0 Å². The standard InChI is InChI=1S/C17H12N2O2/c20-19(21)17-8-4-1-5-14(17)10-9-13-11-12-18-16-7-3-2-6-15(13)16/h1-12H. The van der Waals surface area contributed by atoms with E-state index in [1.165, 1.54) is 6.07 Å². The maximum atomic E-state index is 11.0. The summed E-state index contributed by atoms with van der Waals surface area (Å²) in [6.07, 6.45) is 5.38.